The summed E-state index contributed by atoms with van der Waals surface area (Å²) in [5.41, 5.74) is 0.861. The molecule has 0 aliphatic heterocycles. The molecule has 1 N–H and O–H groups in total. The summed E-state index contributed by atoms with van der Waals surface area (Å²) in [6.07, 6.45) is 0.248. The number of ketones is 1. The molecule has 0 aliphatic rings. The van der Waals surface area contributed by atoms with Crippen molar-refractivity contribution in [2.24, 2.45) is 5.92 Å². The zero-order valence-corrected chi connectivity index (χ0v) is 16.2. The third-order valence-corrected chi connectivity index (χ3v) is 4.64. The highest BCUT2D eigenvalue weighted by molar-refractivity contribution is 6.41. The molecule has 0 bridgehead atoms. The number of benzene rings is 2. The molecule has 0 spiro atoms. The summed E-state index contributed by atoms with van der Waals surface area (Å²) >= 11 is 0. The molecule has 8 nitrogen and oxygen atoms in total. The number of para-hydroxylation sites is 1. The Morgan fingerprint density at radius 1 is 1.07 bits per heavy atom. The third-order valence-electron chi connectivity index (χ3n) is 4.64. The van der Waals surface area contributed by atoms with Crippen molar-refractivity contribution in [3.05, 3.63) is 75.8 Å². The van der Waals surface area contributed by atoms with Crippen LogP contribution >= 0.6 is 0 Å². The fourth-order valence-electron chi connectivity index (χ4n) is 3.21. The van der Waals surface area contributed by atoms with Crippen LogP contribution in [-0.4, -0.2) is 36.2 Å². The average Bonchev–Trinajstić information content (AvgIpc) is 2.73. The number of methoxy groups -OCH3 is 1. The first-order chi connectivity index (χ1) is 13.9. The van der Waals surface area contributed by atoms with Crippen LogP contribution in [0.25, 0.3) is 0 Å². The van der Waals surface area contributed by atoms with Crippen molar-refractivity contribution in [2.45, 2.75) is 19.3 Å². The van der Waals surface area contributed by atoms with Crippen molar-refractivity contribution in [2.75, 3.05) is 19.0 Å². The normalized spacial score (nSPS) is 12.5. The van der Waals surface area contributed by atoms with E-state index in [0.29, 0.717) is 5.56 Å². The quantitative estimate of drug-likeness (QED) is 0.300. The van der Waals surface area contributed by atoms with Gasteiger partial charge in [-0.25, -0.2) is 4.79 Å². The molecule has 2 aromatic carbocycles. The maximum absolute atomic E-state index is 12.9. The lowest BCUT2D eigenvalue weighted by molar-refractivity contribution is -0.484. The van der Waals surface area contributed by atoms with E-state index in [1.54, 1.807) is 49.4 Å². The van der Waals surface area contributed by atoms with E-state index in [1.807, 2.05) is 0 Å². The van der Waals surface area contributed by atoms with Crippen molar-refractivity contribution in [3.8, 4) is 0 Å². The van der Waals surface area contributed by atoms with Gasteiger partial charge in [-0.1, -0.05) is 49.4 Å². The Morgan fingerprint density at radius 3 is 2.28 bits per heavy atom. The number of nitrogens with one attached hydrogen (secondary N) is 1. The van der Waals surface area contributed by atoms with Gasteiger partial charge in [0.2, 0.25) is 12.3 Å². The van der Waals surface area contributed by atoms with Gasteiger partial charge in [0.1, 0.15) is 0 Å². The van der Waals surface area contributed by atoms with E-state index in [9.17, 15) is 24.5 Å². The molecule has 152 valence electrons. The number of Topliss-reactive ketones (excluding diaryl/α,β-unsaturated/α-hetero) is 1. The van der Waals surface area contributed by atoms with Crippen LogP contribution < -0.4 is 5.32 Å². The molecule has 0 saturated heterocycles. The van der Waals surface area contributed by atoms with Crippen molar-refractivity contribution in [1.82, 2.24) is 0 Å². The number of hydrogen-bond acceptors (Lipinski definition) is 6. The second-order valence-electron chi connectivity index (χ2n) is 6.40. The van der Waals surface area contributed by atoms with Gasteiger partial charge < -0.3 is 10.1 Å². The van der Waals surface area contributed by atoms with Gasteiger partial charge in [-0.05, 0) is 24.1 Å². The summed E-state index contributed by atoms with van der Waals surface area (Å²) < 4.78 is 4.68. The molecule has 8 heteroatoms. The Morgan fingerprint density at radius 2 is 1.69 bits per heavy atom. The van der Waals surface area contributed by atoms with Crippen molar-refractivity contribution < 1.29 is 24.0 Å². The van der Waals surface area contributed by atoms with Crippen LogP contribution in [0.4, 0.5) is 5.69 Å². The fourth-order valence-corrected chi connectivity index (χ4v) is 3.21. The van der Waals surface area contributed by atoms with Crippen LogP contribution in [0, 0.1) is 16.0 Å². The minimum Gasteiger partial charge on any atom is -0.465 e. The van der Waals surface area contributed by atoms with E-state index in [0.717, 1.165) is 0 Å². The van der Waals surface area contributed by atoms with E-state index >= 15 is 0 Å². The van der Waals surface area contributed by atoms with Gasteiger partial charge in [0.15, 0.2) is 0 Å². The molecule has 0 saturated carbocycles. The summed E-state index contributed by atoms with van der Waals surface area (Å²) in [6, 6.07) is 14.8. The molecule has 2 atom stereocenters. The minimum absolute atomic E-state index is 0.106. The molecule has 2 rings (SSSR count). The summed E-state index contributed by atoms with van der Waals surface area (Å²) in [4.78, 5) is 48.0. The SMILES string of the molecule is CC[C@@H](C(=O)C(=O)Nc1ccccc1C(=O)OC)[C@@H](C[N+](=O)[O-])c1ccccc1. The van der Waals surface area contributed by atoms with Gasteiger partial charge in [0.25, 0.3) is 5.91 Å². The number of amides is 1. The predicted molar refractivity (Wildman–Crippen MR) is 106 cm³/mol. The Balaban J connectivity index is 2.29. The summed E-state index contributed by atoms with van der Waals surface area (Å²) in [6.45, 7) is 1.23. The van der Waals surface area contributed by atoms with Crippen LogP contribution in [0.5, 0.6) is 0 Å². The molecule has 2 aromatic rings. The fraction of sp³-hybridized carbons (Fsp3) is 0.286. The topological polar surface area (TPSA) is 116 Å². The molecule has 1 amide bonds. The zero-order valence-electron chi connectivity index (χ0n) is 16.2. The highest BCUT2D eigenvalue weighted by Gasteiger charge is 2.35. The van der Waals surface area contributed by atoms with Crippen LogP contribution in [0.2, 0.25) is 0 Å². The molecule has 0 unspecified atom stereocenters. The average molecular weight is 398 g/mol. The summed E-state index contributed by atoms with van der Waals surface area (Å²) in [5, 5.41) is 13.6. The molecular formula is C21H22N2O6. The number of esters is 1. The van der Waals surface area contributed by atoms with Crippen LogP contribution in [0.15, 0.2) is 54.6 Å². The van der Waals surface area contributed by atoms with Crippen molar-refractivity contribution in [3.63, 3.8) is 0 Å². The van der Waals surface area contributed by atoms with Crippen LogP contribution in [0.3, 0.4) is 0 Å². The Kier molecular flexibility index (Phi) is 7.59. The number of carbonyl (C=O) groups excluding carboxylic acids is 3. The monoisotopic (exact) mass is 398 g/mol. The van der Waals surface area contributed by atoms with Gasteiger partial charge in [0, 0.05) is 10.8 Å². The number of carbonyl (C=O) groups is 3. The molecule has 0 fully saturated rings. The second kappa shape index (κ2) is 10.1. The van der Waals surface area contributed by atoms with Crippen molar-refractivity contribution in [1.29, 1.82) is 0 Å². The number of rotatable bonds is 9. The van der Waals surface area contributed by atoms with E-state index in [1.165, 1.54) is 19.2 Å². The molecule has 0 aliphatic carbocycles. The highest BCUT2D eigenvalue weighted by atomic mass is 16.6. The highest BCUT2D eigenvalue weighted by Crippen LogP contribution is 2.29. The predicted octanol–water partition coefficient (Wildman–Crippen LogP) is 3.07. The first-order valence-corrected chi connectivity index (χ1v) is 9.08. The Hall–Kier alpha value is -3.55. The Labute approximate surface area is 168 Å². The number of hydrogen-bond donors (Lipinski definition) is 1. The molecule has 0 heterocycles. The van der Waals surface area contributed by atoms with Gasteiger partial charge in [-0.2, -0.15) is 0 Å². The van der Waals surface area contributed by atoms with Gasteiger partial charge in [0.05, 0.1) is 24.3 Å². The first-order valence-electron chi connectivity index (χ1n) is 9.08. The number of anilines is 1. The molecule has 0 aromatic heterocycles. The number of ether oxygens (including phenoxy) is 1. The lowest BCUT2D eigenvalue weighted by Crippen LogP contribution is -2.35. The molecule has 29 heavy (non-hydrogen) atoms. The maximum Gasteiger partial charge on any atom is 0.339 e. The number of nitro groups is 1. The molecule has 0 radical (unpaired) electrons. The van der Waals surface area contributed by atoms with Crippen molar-refractivity contribution >= 4 is 23.3 Å². The lowest BCUT2D eigenvalue weighted by Gasteiger charge is -2.22. The summed E-state index contributed by atoms with van der Waals surface area (Å²) in [5.74, 6) is -3.99. The largest absolute Gasteiger partial charge is 0.465 e. The first kappa shape index (κ1) is 21.7. The second-order valence-corrected chi connectivity index (χ2v) is 6.40. The van der Waals surface area contributed by atoms with Gasteiger partial charge in [-0.3, -0.25) is 19.7 Å². The van der Waals surface area contributed by atoms with Crippen LogP contribution in [0.1, 0.15) is 35.2 Å². The smallest absolute Gasteiger partial charge is 0.339 e. The zero-order chi connectivity index (χ0) is 21.4. The standard InChI is InChI=1S/C21H22N2O6/c1-3-15(17(13-23(27)28)14-9-5-4-6-10-14)19(24)20(25)22-18-12-8-7-11-16(18)21(26)29-2/h4-12,15,17H,3,13H2,1-2H3,(H,22,25)/t15-,17+/m1/s1. The minimum atomic E-state index is -0.933. The third kappa shape index (κ3) is 5.47. The summed E-state index contributed by atoms with van der Waals surface area (Å²) in [7, 11) is 1.21. The molecular weight excluding hydrogens is 376 g/mol. The van der Waals surface area contributed by atoms with Gasteiger partial charge >= 0.3 is 5.97 Å². The Bertz CT molecular complexity index is 897. The van der Waals surface area contributed by atoms with E-state index in [-0.39, 0.29) is 17.7 Å². The van der Waals surface area contributed by atoms with E-state index in [4.69, 9.17) is 0 Å². The van der Waals surface area contributed by atoms with E-state index < -0.39 is 41.0 Å². The van der Waals surface area contributed by atoms with Crippen LogP contribution in [-0.2, 0) is 14.3 Å². The maximum atomic E-state index is 12.9. The lowest BCUT2D eigenvalue weighted by atomic mass is 9.81. The number of nitrogens with zero attached hydrogens (tertiary/aromatic N) is 1. The van der Waals surface area contributed by atoms with E-state index in [2.05, 4.69) is 10.1 Å². The van der Waals surface area contributed by atoms with Gasteiger partial charge in [-0.15, -0.1) is 0 Å².